The number of anilines is 1. The lowest BCUT2D eigenvalue weighted by Gasteiger charge is -2.09. The van der Waals surface area contributed by atoms with Gasteiger partial charge in [-0.2, -0.15) is 4.98 Å². The summed E-state index contributed by atoms with van der Waals surface area (Å²) in [5.41, 5.74) is 0.563. The van der Waals surface area contributed by atoms with Crippen molar-refractivity contribution in [2.75, 3.05) is 4.72 Å². The molecular formula is C15H13N3O3S. The van der Waals surface area contributed by atoms with Gasteiger partial charge >= 0.3 is 5.69 Å². The second-order valence-electron chi connectivity index (χ2n) is 4.83. The molecule has 0 bridgehead atoms. The minimum atomic E-state index is -3.69. The molecule has 3 rings (SSSR count). The van der Waals surface area contributed by atoms with E-state index < -0.39 is 10.0 Å². The first kappa shape index (κ1) is 14.3. The maximum Gasteiger partial charge on any atom is 0.347 e. The summed E-state index contributed by atoms with van der Waals surface area (Å²) in [5.74, 6) is 0. The first-order chi connectivity index (χ1) is 10.5. The zero-order chi connectivity index (χ0) is 15.7. The van der Waals surface area contributed by atoms with Crippen molar-refractivity contribution in [3.63, 3.8) is 0 Å². The third-order valence-electron chi connectivity index (χ3n) is 3.19. The third kappa shape index (κ3) is 2.71. The molecule has 0 aliphatic carbocycles. The zero-order valence-corrected chi connectivity index (χ0v) is 12.5. The van der Waals surface area contributed by atoms with E-state index >= 15 is 0 Å². The van der Waals surface area contributed by atoms with E-state index in [2.05, 4.69) is 9.71 Å². The van der Waals surface area contributed by atoms with Crippen molar-refractivity contribution in [2.45, 2.75) is 4.90 Å². The molecule has 6 nitrogen and oxygen atoms in total. The van der Waals surface area contributed by atoms with E-state index in [1.54, 1.807) is 43.6 Å². The molecule has 22 heavy (non-hydrogen) atoms. The SMILES string of the molecule is Cn1cc2cc(S(=O)(=O)Nc3ccccc3)ccc2nc1=O. The Labute approximate surface area is 127 Å². The summed E-state index contributed by atoms with van der Waals surface area (Å²) in [5, 5.41) is 0.582. The normalized spacial score (nSPS) is 11.5. The number of aromatic nitrogens is 2. The zero-order valence-electron chi connectivity index (χ0n) is 11.7. The highest BCUT2D eigenvalue weighted by Crippen LogP contribution is 2.19. The molecule has 7 heteroatoms. The fourth-order valence-corrected chi connectivity index (χ4v) is 3.16. The van der Waals surface area contributed by atoms with Crippen molar-refractivity contribution >= 4 is 26.6 Å². The molecule has 1 heterocycles. The monoisotopic (exact) mass is 315 g/mol. The van der Waals surface area contributed by atoms with Gasteiger partial charge in [-0.1, -0.05) is 18.2 Å². The molecule has 1 N–H and O–H groups in total. The lowest BCUT2D eigenvalue weighted by molar-refractivity contribution is 0.601. The van der Waals surface area contributed by atoms with Gasteiger partial charge in [-0.3, -0.25) is 4.72 Å². The van der Waals surface area contributed by atoms with Crippen LogP contribution in [-0.4, -0.2) is 18.0 Å². The summed E-state index contributed by atoms with van der Waals surface area (Å²) in [7, 11) is -2.13. The minimum Gasteiger partial charge on any atom is -0.302 e. The molecule has 0 spiro atoms. The number of rotatable bonds is 3. The number of fused-ring (bicyclic) bond motifs is 1. The first-order valence-corrected chi connectivity index (χ1v) is 7.99. The molecular weight excluding hydrogens is 302 g/mol. The molecule has 1 aromatic heterocycles. The van der Waals surface area contributed by atoms with E-state index in [1.807, 2.05) is 0 Å². The number of para-hydroxylation sites is 1. The van der Waals surface area contributed by atoms with Crippen molar-refractivity contribution < 1.29 is 8.42 Å². The highest BCUT2D eigenvalue weighted by atomic mass is 32.2. The standard InChI is InChI=1S/C15H13N3O3S/c1-18-10-11-9-13(7-8-14(11)16-15(18)19)22(20,21)17-12-5-3-2-4-6-12/h2-10,17H,1H3. The fraction of sp³-hybridized carbons (Fsp3) is 0.0667. The number of nitrogens with one attached hydrogen (secondary N) is 1. The van der Waals surface area contributed by atoms with Crippen molar-refractivity contribution in [1.82, 2.24) is 9.55 Å². The Morgan fingerprint density at radius 2 is 1.82 bits per heavy atom. The van der Waals surface area contributed by atoms with Crippen LogP contribution in [0.5, 0.6) is 0 Å². The number of hydrogen-bond acceptors (Lipinski definition) is 4. The van der Waals surface area contributed by atoms with Crippen LogP contribution in [0.1, 0.15) is 0 Å². The first-order valence-electron chi connectivity index (χ1n) is 6.51. The predicted octanol–water partition coefficient (Wildman–Crippen LogP) is 1.73. The van der Waals surface area contributed by atoms with Crippen LogP contribution in [0, 0.1) is 0 Å². The lowest BCUT2D eigenvalue weighted by atomic mass is 10.2. The van der Waals surface area contributed by atoms with Gasteiger partial charge in [-0.25, -0.2) is 13.2 Å². The number of benzene rings is 2. The minimum absolute atomic E-state index is 0.115. The Bertz CT molecular complexity index is 995. The van der Waals surface area contributed by atoms with E-state index in [-0.39, 0.29) is 10.6 Å². The van der Waals surface area contributed by atoms with Gasteiger partial charge in [0, 0.05) is 24.3 Å². The van der Waals surface area contributed by atoms with Gasteiger partial charge in [0.15, 0.2) is 0 Å². The molecule has 0 amide bonds. The quantitative estimate of drug-likeness (QED) is 0.798. The third-order valence-corrected chi connectivity index (χ3v) is 4.56. The smallest absolute Gasteiger partial charge is 0.302 e. The molecule has 0 saturated heterocycles. The number of nitrogens with zero attached hydrogens (tertiary/aromatic N) is 2. The Hall–Kier alpha value is -2.67. The molecule has 0 aliphatic heterocycles. The van der Waals surface area contributed by atoms with Crippen molar-refractivity contribution in [2.24, 2.45) is 7.05 Å². The van der Waals surface area contributed by atoms with Crippen LogP contribution in [0.15, 0.2) is 64.4 Å². The summed E-state index contributed by atoms with van der Waals surface area (Å²) < 4.78 is 28.6. The molecule has 0 radical (unpaired) electrons. The Morgan fingerprint density at radius 3 is 2.55 bits per heavy atom. The van der Waals surface area contributed by atoms with Gasteiger partial charge in [0.1, 0.15) is 0 Å². The van der Waals surface area contributed by atoms with E-state index in [0.29, 0.717) is 16.6 Å². The maximum atomic E-state index is 12.4. The van der Waals surface area contributed by atoms with Crippen LogP contribution in [0.3, 0.4) is 0 Å². The molecule has 0 aliphatic rings. The van der Waals surface area contributed by atoms with Crippen LogP contribution in [0.25, 0.3) is 10.9 Å². The summed E-state index contributed by atoms with van der Waals surface area (Å²) in [6.07, 6.45) is 1.56. The van der Waals surface area contributed by atoms with Gasteiger partial charge in [-0.15, -0.1) is 0 Å². The highest BCUT2D eigenvalue weighted by molar-refractivity contribution is 7.92. The van der Waals surface area contributed by atoms with Crippen LogP contribution >= 0.6 is 0 Å². The lowest BCUT2D eigenvalue weighted by Crippen LogP contribution is -2.19. The fourth-order valence-electron chi connectivity index (χ4n) is 2.07. The maximum absolute atomic E-state index is 12.4. The molecule has 0 unspecified atom stereocenters. The second kappa shape index (κ2) is 5.27. The summed E-state index contributed by atoms with van der Waals surface area (Å²) in [6.45, 7) is 0. The summed E-state index contributed by atoms with van der Waals surface area (Å²) in [6, 6.07) is 13.1. The Balaban J connectivity index is 2.05. The van der Waals surface area contributed by atoms with Crippen LogP contribution in [0.2, 0.25) is 0 Å². The summed E-state index contributed by atoms with van der Waals surface area (Å²) in [4.78, 5) is 15.5. The van der Waals surface area contributed by atoms with Gasteiger partial charge in [0.2, 0.25) is 0 Å². The van der Waals surface area contributed by atoms with E-state index in [0.717, 1.165) is 0 Å². The largest absolute Gasteiger partial charge is 0.347 e. The second-order valence-corrected chi connectivity index (χ2v) is 6.51. The average Bonchev–Trinajstić information content (AvgIpc) is 2.48. The number of aryl methyl sites for hydroxylation is 1. The van der Waals surface area contributed by atoms with E-state index in [4.69, 9.17) is 0 Å². The molecule has 0 saturated carbocycles. The molecule has 112 valence electrons. The topological polar surface area (TPSA) is 81.1 Å². The van der Waals surface area contributed by atoms with E-state index in [9.17, 15) is 13.2 Å². The molecule has 2 aromatic carbocycles. The average molecular weight is 315 g/mol. The van der Waals surface area contributed by atoms with Gasteiger partial charge in [0.25, 0.3) is 10.0 Å². The predicted molar refractivity (Wildman–Crippen MR) is 84.2 cm³/mol. The van der Waals surface area contributed by atoms with Crippen molar-refractivity contribution in [3.05, 3.63) is 65.2 Å². The van der Waals surface area contributed by atoms with E-state index in [1.165, 1.54) is 22.8 Å². The van der Waals surface area contributed by atoms with Gasteiger partial charge in [0.05, 0.1) is 10.4 Å². The van der Waals surface area contributed by atoms with Crippen LogP contribution in [-0.2, 0) is 17.1 Å². The van der Waals surface area contributed by atoms with Crippen LogP contribution < -0.4 is 10.4 Å². The Morgan fingerprint density at radius 1 is 1.09 bits per heavy atom. The summed E-state index contributed by atoms with van der Waals surface area (Å²) >= 11 is 0. The molecule has 0 atom stereocenters. The van der Waals surface area contributed by atoms with Crippen molar-refractivity contribution in [3.8, 4) is 0 Å². The van der Waals surface area contributed by atoms with Crippen molar-refractivity contribution in [1.29, 1.82) is 0 Å². The van der Waals surface area contributed by atoms with Crippen LogP contribution in [0.4, 0.5) is 5.69 Å². The molecule has 3 aromatic rings. The van der Waals surface area contributed by atoms with Gasteiger partial charge < -0.3 is 4.57 Å². The molecule has 0 fully saturated rings. The number of sulfonamides is 1. The highest BCUT2D eigenvalue weighted by Gasteiger charge is 2.15. The van der Waals surface area contributed by atoms with Gasteiger partial charge in [-0.05, 0) is 30.3 Å². The number of hydrogen-bond donors (Lipinski definition) is 1. The Kier molecular flexibility index (Phi) is 3.42.